The number of carboxylic acid groups (broad SMARTS) is 1. The number of aromatic nitrogens is 1. The number of anilines is 1. The first-order valence-corrected chi connectivity index (χ1v) is 10.8. The van der Waals surface area contributed by atoms with E-state index >= 15 is 0 Å². The second-order valence-corrected chi connectivity index (χ2v) is 8.31. The molecule has 1 amide bonds. The number of aromatic carboxylic acids is 1. The number of carboxylic acids is 1. The number of carbonyl (C=O) groups is 2. The van der Waals surface area contributed by atoms with E-state index in [4.69, 9.17) is 10.1 Å². The molecule has 0 atom stereocenters. The number of benzene rings is 2. The highest BCUT2D eigenvalue weighted by molar-refractivity contribution is 7.10. The Bertz CT molecular complexity index is 1080. The van der Waals surface area contributed by atoms with Gasteiger partial charge in [0.05, 0.1) is 17.7 Å². The van der Waals surface area contributed by atoms with Crippen LogP contribution in [0.2, 0.25) is 0 Å². The summed E-state index contributed by atoms with van der Waals surface area (Å²) in [5, 5.41) is 15.0. The van der Waals surface area contributed by atoms with Crippen molar-refractivity contribution in [2.45, 2.75) is 31.6 Å². The molecular formula is C24H22N2O3S. The van der Waals surface area contributed by atoms with Crippen molar-refractivity contribution in [1.29, 1.82) is 0 Å². The van der Waals surface area contributed by atoms with Gasteiger partial charge in [0.1, 0.15) is 5.01 Å². The third kappa shape index (κ3) is 5.02. The topological polar surface area (TPSA) is 79.3 Å². The third-order valence-electron chi connectivity index (χ3n) is 5.22. The highest BCUT2D eigenvalue weighted by Gasteiger charge is 2.21. The molecule has 1 fully saturated rings. The van der Waals surface area contributed by atoms with Crippen molar-refractivity contribution < 1.29 is 14.7 Å². The van der Waals surface area contributed by atoms with Crippen molar-refractivity contribution in [3.05, 3.63) is 81.3 Å². The third-order valence-corrected chi connectivity index (χ3v) is 6.05. The van der Waals surface area contributed by atoms with Crippen molar-refractivity contribution in [2.24, 2.45) is 0 Å². The highest BCUT2D eigenvalue weighted by atomic mass is 32.1. The lowest BCUT2D eigenvalue weighted by Gasteiger charge is -2.22. The van der Waals surface area contributed by atoms with E-state index < -0.39 is 5.97 Å². The second-order valence-electron chi connectivity index (χ2n) is 7.42. The Labute approximate surface area is 179 Å². The average Bonchev–Trinajstić information content (AvgIpc) is 3.14. The van der Waals surface area contributed by atoms with E-state index in [2.05, 4.69) is 10.7 Å². The molecule has 0 radical (unpaired) electrons. The summed E-state index contributed by atoms with van der Waals surface area (Å²) in [6.07, 6.45) is 8.00. The monoisotopic (exact) mass is 418 g/mol. The van der Waals surface area contributed by atoms with E-state index in [1.54, 1.807) is 23.5 Å². The number of carbonyl (C=O) groups excluding carboxylic acids is 1. The fraction of sp³-hybridized carbons (Fsp3) is 0.208. The molecule has 2 aromatic carbocycles. The van der Waals surface area contributed by atoms with Crippen LogP contribution in [0.1, 0.15) is 57.4 Å². The van der Waals surface area contributed by atoms with Crippen LogP contribution in [-0.2, 0) is 11.2 Å². The second kappa shape index (κ2) is 9.05. The maximum atomic E-state index is 12.3. The fourth-order valence-electron chi connectivity index (χ4n) is 3.31. The minimum Gasteiger partial charge on any atom is -0.478 e. The van der Waals surface area contributed by atoms with E-state index in [9.17, 15) is 9.59 Å². The zero-order valence-electron chi connectivity index (χ0n) is 16.4. The number of hydrogen-bond acceptors (Lipinski definition) is 4. The zero-order chi connectivity index (χ0) is 20.9. The number of nitrogens with zero attached hydrogens (tertiary/aromatic N) is 1. The molecule has 152 valence electrons. The SMILES string of the molecule is O=C(Cc1ccc(C(=O)O)cc1)Nc1cccc(C=Cc2nc(C3CCC3)cs2)c1. The van der Waals surface area contributed by atoms with Crippen LogP contribution in [0, 0.1) is 0 Å². The van der Waals surface area contributed by atoms with Crippen LogP contribution in [0.4, 0.5) is 5.69 Å². The van der Waals surface area contributed by atoms with Gasteiger partial charge in [0.15, 0.2) is 0 Å². The van der Waals surface area contributed by atoms with Gasteiger partial charge in [0, 0.05) is 17.0 Å². The maximum Gasteiger partial charge on any atom is 0.335 e. The molecular weight excluding hydrogens is 396 g/mol. The lowest BCUT2D eigenvalue weighted by Crippen LogP contribution is -2.14. The Hall–Kier alpha value is -3.25. The van der Waals surface area contributed by atoms with E-state index in [-0.39, 0.29) is 17.9 Å². The first-order chi connectivity index (χ1) is 14.6. The van der Waals surface area contributed by atoms with Gasteiger partial charge in [-0.2, -0.15) is 0 Å². The van der Waals surface area contributed by atoms with Crippen LogP contribution in [0.5, 0.6) is 0 Å². The summed E-state index contributed by atoms with van der Waals surface area (Å²) in [6, 6.07) is 14.0. The van der Waals surface area contributed by atoms with Gasteiger partial charge in [-0.1, -0.05) is 36.8 Å². The summed E-state index contributed by atoms with van der Waals surface area (Å²) in [7, 11) is 0. The quantitative estimate of drug-likeness (QED) is 0.534. The number of hydrogen-bond donors (Lipinski definition) is 2. The normalized spacial score (nSPS) is 13.9. The summed E-state index contributed by atoms with van der Waals surface area (Å²) < 4.78 is 0. The van der Waals surface area contributed by atoms with Crippen molar-refractivity contribution in [3.8, 4) is 0 Å². The fourth-order valence-corrected chi connectivity index (χ4v) is 4.10. The van der Waals surface area contributed by atoms with Gasteiger partial charge >= 0.3 is 5.97 Å². The number of nitrogens with one attached hydrogen (secondary N) is 1. The standard InChI is InChI=1S/C24H22N2O3S/c27-22(14-17-7-10-19(11-8-17)24(28)29)25-20-6-1-3-16(13-20)9-12-23-26-21(15-30-23)18-4-2-5-18/h1,3,6-13,15,18H,2,4-5,14H2,(H,25,27)(H,28,29). The molecule has 1 heterocycles. The van der Waals surface area contributed by atoms with Crippen molar-refractivity contribution in [3.63, 3.8) is 0 Å². The van der Waals surface area contributed by atoms with E-state index in [0.29, 0.717) is 5.92 Å². The summed E-state index contributed by atoms with van der Waals surface area (Å²) in [5.41, 5.74) is 3.89. The Morgan fingerprint density at radius 2 is 1.93 bits per heavy atom. The number of thiazole rings is 1. The summed E-state index contributed by atoms with van der Waals surface area (Å²) in [5.74, 6) is -0.487. The van der Waals surface area contributed by atoms with Gasteiger partial charge in [-0.25, -0.2) is 9.78 Å². The van der Waals surface area contributed by atoms with Crippen LogP contribution < -0.4 is 5.32 Å². The van der Waals surface area contributed by atoms with Gasteiger partial charge in [-0.15, -0.1) is 11.3 Å². The van der Waals surface area contributed by atoms with E-state index in [1.807, 2.05) is 36.4 Å². The van der Waals surface area contributed by atoms with Gasteiger partial charge in [-0.3, -0.25) is 4.79 Å². The lowest BCUT2D eigenvalue weighted by molar-refractivity contribution is -0.115. The average molecular weight is 419 g/mol. The molecule has 2 N–H and O–H groups in total. The maximum absolute atomic E-state index is 12.3. The predicted molar refractivity (Wildman–Crippen MR) is 120 cm³/mol. The minimum atomic E-state index is -0.979. The predicted octanol–water partition coefficient (Wildman–Crippen LogP) is 5.46. The lowest BCUT2D eigenvalue weighted by atomic mass is 9.83. The first-order valence-electron chi connectivity index (χ1n) is 9.92. The van der Waals surface area contributed by atoms with Crippen molar-refractivity contribution >= 4 is 41.1 Å². The zero-order valence-corrected chi connectivity index (χ0v) is 17.2. The summed E-state index contributed by atoms with van der Waals surface area (Å²) >= 11 is 1.66. The molecule has 0 bridgehead atoms. The Balaban J connectivity index is 1.36. The molecule has 0 saturated heterocycles. The molecule has 1 aromatic heterocycles. The molecule has 1 aliphatic rings. The molecule has 4 rings (SSSR count). The number of rotatable bonds is 7. The molecule has 0 unspecified atom stereocenters. The van der Waals surface area contributed by atoms with Crippen LogP contribution in [-0.4, -0.2) is 22.0 Å². The summed E-state index contributed by atoms with van der Waals surface area (Å²) in [4.78, 5) is 28.0. The Kier molecular flexibility index (Phi) is 6.05. The highest BCUT2D eigenvalue weighted by Crippen LogP contribution is 2.36. The first kappa shape index (κ1) is 20.0. The van der Waals surface area contributed by atoms with Crippen LogP contribution >= 0.6 is 11.3 Å². The van der Waals surface area contributed by atoms with E-state index in [0.717, 1.165) is 21.8 Å². The largest absolute Gasteiger partial charge is 0.478 e. The molecule has 3 aromatic rings. The van der Waals surface area contributed by atoms with Gasteiger partial charge in [0.2, 0.25) is 5.91 Å². The molecule has 5 nitrogen and oxygen atoms in total. The minimum absolute atomic E-state index is 0.149. The summed E-state index contributed by atoms with van der Waals surface area (Å²) in [6.45, 7) is 0. The van der Waals surface area contributed by atoms with Gasteiger partial charge in [0.25, 0.3) is 0 Å². The smallest absolute Gasteiger partial charge is 0.335 e. The van der Waals surface area contributed by atoms with Crippen molar-refractivity contribution in [2.75, 3.05) is 5.32 Å². The Morgan fingerprint density at radius 3 is 2.63 bits per heavy atom. The van der Waals surface area contributed by atoms with E-state index in [1.165, 1.54) is 37.1 Å². The van der Waals surface area contributed by atoms with Crippen LogP contribution in [0.15, 0.2) is 53.9 Å². The molecule has 30 heavy (non-hydrogen) atoms. The molecule has 1 saturated carbocycles. The van der Waals surface area contributed by atoms with Crippen LogP contribution in [0.25, 0.3) is 12.2 Å². The molecule has 0 aliphatic heterocycles. The van der Waals surface area contributed by atoms with Gasteiger partial charge in [-0.05, 0) is 54.3 Å². The molecule has 6 heteroatoms. The van der Waals surface area contributed by atoms with Gasteiger partial charge < -0.3 is 10.4 Å². The number of amides is 1. The molecule has 1 aliphatic carbocycles. The van der Waals surface area contributed by atoms with Crippen molar-refractivity contribution in [1.82, 2.24) is 4.98 Å². The Morgan fingerprint density at radius 1 is 1.13 bits per heavy atom. The molecule has 0 spiro atoms. The van der Waals surface area contributed by atoms with Crippen LogP contribution in [0.3, 0.4) is 0 Å².